The predicted molar refractivity (Wildman–Crippen MR) is 94.7 cm³/mol. The van der Waals surface area contributed by atoms with Crippen molar-refractivity contribution in [1.29, 1.82) is 21.0 Å². The molecule has 0 aliphatic rings. The SMILES string of the molecule is C[n+]1ccccc1-c1cnc2c(=C(C#N)C#N)ccc(=C(C#N)C#N)c2n1. The van der Waals surface area contributed by atoms with Gasteiger partial charge >= 0.3 is 0 Å². The van der Waals surface area contributed by atoms with E-state index in [-0.39, 0.29) is 22.2 Å². The van der Waals surface area contributed by atoms with Crippen molar-refractivity contribution in [3.8, 4) is 35.7 Å². The van der Waals surface area contributed by atoms with Crippen molar-refractivity contribution in [3.05, 3.63) is 53.2 Å². The summed E-state index contributed by atoms with van der Waals surface area (Å²) in [5.41, 5.74) is 1.66. The van der Waals surface area contributed by atoms with Gasteiger partial charge in [-0.2, -0.15) is 25.6 Å². The minimum Gasteiger partial charge on any atom is -0.251 e. The van der Waals surface area contributed by atoms with E-state index >= 15 is 0 Å². The van der Waals surface area contributed by atoms with Crippen LogP contribution in [-0.4, -0.2) is 9.97 Å². The van der Waals surface area contributed by atoms with Gasteiger partial charge in [-0.05, 0) is 18.2 Å². The Morgan fingerprint density at radius 2 is 1.44 bits per heavy atom. The Morgan fingerprint density at radius 1 is 0.852 bits per heavy atom. The topological polar surface area (TPSA) is 125 Å². The average Bonchev–Trinajstić information content (AvgIpc) is 2.71. The van der Waals surface area contributed by atoms with E-state index in [1.54, 1.807) is 0 Å². The van der Waals surface area contributed by atoms with Crippen LogP contribution < -0.4 is 15.0 Å². The second kappa shape index (κ2) is 7.11. The molecule has 0 bridgehead atoms. The highest BCUT2D eigenvalue weighted by molar-refractivity contribution is 5.88. The lowest BCUT2D eigenvalue weighted by molar-refractivity contribution is -0.660. The maximum atomic E-state index is 9.27. The zero-order valence-electron chi connectivity index (χ0n) is 14.2. The van der Waals surface area contributed by atoms with Gasteiger partial charge in [0.25, 0.3) is 0 Å². The number of fused-ring (bicyclic) bond motifs is 1. The molecule has 0 atom stereocenters. The second-order valence-electron chi connectivity index (χ2n) is 5.51. The van der Waals surface area contributed by atoms with E-state index in [0.717, 1.165) is 5.69 Å². The molecule has 0 saturated heterocycles. The summed E-state index contributed by atoms with van der Waals surface area (Å²) >= 11 is 0. The Morgan fingerprint density at radius 3 is 2.00 bits per heavy atom. The van der Waals surface area contributed by atoms with Crippen LogP contribution in [0.2, 0.25) is 0 Å². The fourth-order valence-electron chi connectivity index (χ4n) is 2.71. The van der Waals surface area contributed by atoms with Gasteiger partial charge in [-0.1, -0.05) is 0 Å². The van der Waals surface area contributed by atoms with E-state index in [9.17, 15) is 21.0 Å². The number of hydrogen-bond acceptors (Lipinski definition) is 6. The van der Waals surface area contributed by atoms with E-state index < -0.39 is 0 Å². The monoisotopic (exact) mass is 348 g/mol. The molecule has 7 heteroatoms. The minimum absolute atomic E-state index is 0.116. The van der Waals surface area contributed by atoms with Crippen molar-refractivity contribution in [2.75, 3.05) is 0 Å². The van der Waals surface area contributed by atoms with E-state index in [1.807, 2.05) is 60.3 Å². The van der Waals surface area contributed by atoms with Crippen molar-refractivity contribution in [1.82, 2.24) is 9.97 Å². The van der Waals surface area contributed by atoms with Gasteiger partial charge in [0.05, 0.1) is 17.2 Å². The number of nitriles is 4. The molecule has 2 aromatic heterocycles. The fourth-order valence-corrected chi connectivity index (χ4v) is 2.71. The summed E-state index contributed by atoms with van der Waals surface area (Å²) in [4.78, 5) is 8.99. The third-order valence-corrected chi connectivity index (χ3v) is 4.00. The van der Waals surface area contributed by atoms with Crippen molar-refractivity contribution in [3.63, 3.8) is 0 Å². The molecule has 3 aromatic rings. The molecule has 0 spiro atoms. The van der Waals surface area contributed by atoms with Crippen molar-refractivity contribution < 1.29 is 4.57 Å². The molecule has 0 aliphatic heterocycles. The first kappa shape index (κ1) is 17.2. The lowest BCUT2D eigenvalue weighted by atomic mass is 10.1. The third kappa shape index (κ3) is 2.94. The van der Waals surface area contributed by atoms with Gasteiger partial charge in [-0.25, -0.2) is 4.98 Å². The number of benzene rings is 1. The quantitative estimate of drug-likeness (QED) is 0.590. The molecule has 0 unspecified atom stereocenters. The molecule has 0 aliphatic carbocycles. The predicted octanol–water partition coefficient (Wildman–Crippen LogP) is 0.517. The maximum Gasteiger partial charge on any atom is 0.232 e. The Kier molecular flexibility index (Phi) is 4.54. The second-order valence-corrected chi connectivity index (χ2v) is 5.51. The Balaban J connectivity index is 2.57. The summed E-state index contributed by atoms with van der Waals surface area (Å²) in [6.45, 7) is 0. The van der Waals surface area contributed by atoms with Gasteiger partial charge < -0.3 is 0 Å². The van der Waals surface area contributed by atoms with Gasteiger partial charge in [0.1, 0.15) is 42.5 Å². The summed E-state index contributed by atoms with van der Waals surface area (Å²) in [6.07, 6.45) is 3.40. The van der Waals surface area contributed by atoms with Crippen LogP contribution in [0.5, 0.6) is 0 Å². The number of hydrogen-bond donors (Lipinski definition) is 0. The molecule has 124 valence electrons. The molecule has 0 amide bonds. The van der Waals surface area contributed by atoms with Crippen LogP contribution in [0, 0.1) is 45.3 Å². The van der Waals surface area contributed by atoms with Crippen molar-refractivity contribution >= 4 is 22.2 Å². The third-order valence-electron chi connectivity index (χ3n) is 4.00. The van der Waals surface area contributed by atoms with Crippen molar-refractivity contribution in [2.24, 2.45) is 7.05 Å². The Hall–Kier alpha value is -4.59. The molecule has 3 rings (SSSR count). The highest BCUT2D eigenvalue weighted by atomic mass is 14.9. The van der Waals surface area contributed by atoms with Crippen LogP contribution in [0.15, 0.2) is 42.7 Å². The highest BCUT2D eigenvalue weighted by Crippen LogP contribution is 2.13. The van der Waals surface area contributed by atoms with Gasteiger partial charge in [-0.3, -0.25) is 4.98 Å². The summed E-state index contributed by atoms with van der Waals surface area (Å²) in [6, 6.07) is 16.0. The first-order valence-electron chi connectivity index (χ1n) is 7.74. The van der Waals surface area contributed by atoms with E-state index in [4.69, 9.17) is 0 Å². The fraction of sp³-hybridized carbons (Fsp3) is 0.0500. The number of aromatic nitrogens is 3. The molecule has 0 N–H and O–H groups in total. The van der Waals surface area contributed by atoms with E-state index in [1.165, 1.54) is 18.3 Å². The summed E-state index contributed by atoms with van der Waals surface area (Å²) in [5, 5.41) is 37.6. The van der Waals surface area contributed by atoms with Crippen LogP contribution in [-0.2, 0) is 7.05 Å². The standard InChI is InChI=1S/C20H10N7/c1-27-7-3-2-4-18(27)17-12-25-19-15(13(8-21)9-22)5-6-16(20(19)26-17)14(10-23)11-24/h2-7,12H,1H3/q+1. The molecule has 1 aromatic carbocycles. The van der Waals surface area contributed by atoms with Crippen LogP contribution in [0.25, 0.3) is 33.6 Å². The molecule has 0 fully saturated rings. The largest absolute Gasteiger partial charge is 0.251 e. The molecule has 27 heavy (non-hydrogen) atoms. The van der Waals surface area contributed by atoms with E-state index in [0.29, 0.717) is 16.1 Å². The minimum atomic E-state index is -0.120. The van der Waals surface area contributed by atoms with Gasteiger partial charge in [-0.15, -0.1) is 0 Å². The summed E-state index contributed by atoms with van der Waals surface area (Å²) in [5.74, 6) is 0. The molecular weight excluding hydrogens is 338 g/mol. The first-order chi connectivity index (χ1) is 13.1. The van der Waals surface area contributed by atoms with Crippen LogP contribution in [0.3, 0.4) is 0 Å². The smallest absolute Gasteiger partial charge is 0.232 e. The Bertz CT molecular complexity index is 1340. The molecular formula is C20H10N7+. The number of rotatable bonds is 1. The lowest BCUT2D eigenvalue weighted by Gasteiger charge is -2.03. The number of nitrogens with zero attached hydrogens (tertiary/aromatic N) is 7. The molecule has 0 radical (unpaired) electrons. The maximum absolute atomic E-state index is 9.27. The van der Waals surface area contributed by atoms with Crippen molar-refractivity contribution in [2.45, 2.75) is 0 Å². The normalized spacial score (nSPS) is 9.52. The van der Waals surface area contributed by atoms with E-state index in [2.05, 4.69) is 9.97 Å². The summed E-state index contributed by atoms with van der Waals surface area (Å²) in [7, 11) is 1.86. The average molecular weight is 348 g/mol. The Labute approximate surface area is 154 Å². The van der Waals surface area contributed by atoms with Gasteiger partial charge in [0.2, 0.25) is 5.69 Å². The van der Waals surface area contributed by atoms with Crippen LogP contribution in [0.1, 0.15) is 0 Å². The zero-order valence-corrected chi connectivity index (χ0v) is 14.2. The molecule has 2 heterocycles. The first-order valence-corrected chi connectivity index (χ1v) is 7.74. The van der Waals surface area contributed by atoms with Gasteiger partial charge in [0.15, 0.2) is 11.9 Å². The van der Waals surface area contributed by atoms with Gasteiger partial charge in [0, 0.05) is 22.6 Å². The van der Waals surface area contributed by atoms with Crippen LogP contribution >= 0.6 is 0 Å². The number of aryl methyl sites for hydroxylation is 1. The lowest BCUT2D eigenvalue weighted by Crippen LogP contribution is -2.30. The number of pyridine rings is 1. The van der Waals surface area contributed by atoms with Crippen LogP contribution in [0.4, 0.5) is 0 Å². The summed E-state index contributed by atoms with van der Waals surface area (Å²) < 4.78 is 1.86. The zero-order chi connectivity index (χ0) is 19.4. The molecule has 7 nitrogen and oxygen atoms in total. The molecule has 0 saturated carbocycles. The highest BCUT2D eigenvalue weighted by Gasteiger charge is 2.14.